The van der Waals surface area contributed by atoms with Crippen molar-refractivity contribution in [1.29, 1.82) is 0 Å². The minimum Gasteiger partial charge on any atom is -0.486 e. The number of para-hydroxylation sites is 1. The third kappa shape index (κ3) is 3.09. The van der Waals surface area contributed by atoms with E-state index >= 15 is 0 Å². The van der Waals surface area contributed by atoms with Crippen LogP contribution in [0.3, 0.4) is 0 Å². The summed E-state index contributed by atoms with van der Waals surface area (Å²) in [4.78, 5) is 4.35. The summed E-state index contributed by atoms with van der Waals surface area (Å²) in [6.07, 6.45) is 0.204. The lowest BCUT2D eigenvalue weighted by Crippen LogP contribution is -2.02. The molecule has 4 heteroatoms. The fourth-order valence-corrected chi connectivity index (χ4v) is 2.40. The Morgan fingerprint density at radius 2 is 2.17 bits per heavy atom. The summed E-state index contributed by atoms with van der Waals surface area (Å²) < 4.78 is 5.75. The van der Waals surface area contributed by atoms with Crippen molar-refractivity contribution in [3.63, 3.8) is 0 Å². The molecule has 2 rings (SSSR count). The number of aliphatic hydroxyl groups is 1. The van der Waals surface area contributed by atoms with Crippen LogP contribution in [0, 0.1) is 6.92 Å². The maximum atomic E-state index is 9.92. The second kappa shape index (κ2) is 5.98. The maximum Gasteiger partial charge on any atom is 0.140 e. The average molecular weight is 263 g/mol. The van der Waals surface area contributed by atoms with Gasteiger partial charge in [-0.05, 0) is 19.4 Å². The number of aliphatic hydroxyl groups excluding tert-OH is 1. The molecule has 1 aromatic carbocycles. The van der Waals surface area contributed by atoms with Crippen molar-refractivity contribution in [2.45, 2.75) is 33.0 Å². The quantitative estimate of drug-likeness (QED) is 0.898. The van der Waals surface area contributed by atoms with E-state index in [4.69, 9.17) is 4.74 Å². The van der Waals surface area contributed by atoms with Gasteiger partial charge in [-0.1, -0.05) is 25.1 Å². The summed E-state index contributed by atoms with van der Waals surface area (Å²) in [6, 6.07) is 7.61. The number of thiazole rings is 1. The zero-order valence-corrected chi connectivity index (χ0v) is 11.4. The van der Waals surface area contributed by atoms with Crippen LogP contribution < -0.4 is 4.74 Å². The highest BCUT2D eigenvalue weighted by Gasteiger charge is 2.11. The Morgan fingerprint density at radius 1 is 1.39 bits per heavy atom. The molecule has 0 aliphatic carbocycles. The molecule has 1 N–H and O–H groups in total. The molecule has 1 aromatic heterocycles. The summed E-state index contributed by atoms with van der Waals surface area (Å²) in [5, 5.41) is 12.9. The standard InChI is InChI=1S/C14H17NO2S/c1-3-12(16)11-6-4-5-7-13(11)17-8-14-15-10(2)9-18-14/h4-7,9,12,16H,3,8H2,1-2H3/t12-/m1/s1. The van der Waals surface area contributed by atoms with E-state index in [1.807, 2.05) is 43.5 Å². The average Bonchev–Trinajstić information content (AvgIpc) is 2.81. The summed E-state index contributed by atoms with van der Waals surface area (Å²) in [7, 11) is 0. The Morgan fingerprint density at radius 3 is 2.83 bits per heavy atom. The molecule has 0 spiro atoms. The number of rotatable bonds is 5. The molecule has 3 nitrogen and oxygen atoms in total. The van der Waals surface area contributed by atoms with Gasteiger partial charge in [0.25, 0.3) is 0 Å². The molecule has 0 unspecified atom stereocenters. The van der Waals surface area contributed by atoms with Crippen LogP contribution in [0.15, 0.2) is 29.6 Å². The van der Waals surface area contributed by atoms with Crippen LogP contribution in [-0.2, 0) is 6.61 Å². The largest absolute Gasteiger partial charge is 0.486 e. The van der Waals surface area contributed by atoms with Crippen molar-refractivity contribution < 1.29 is 9.84 Å². The highest BCUT2D eigenvalue weighted by molar-refractivity contribution is 7.09. The van der Waals surface area contributed by atoms with E-state index in [2.05, 4.69) is 4.98 Å². The maximum absolute atomic E-state index is 9.92. The van der Waals surface area contributed by atoms with Crippen LogP contribution in [0.2, 0.25) is 0 Å². The molecular weight excluding hydrogens is 246 g/mol. The van der Waals surface area contributed by atoms with Gasteiger partial charge in [0, 0.05) is 16.6 Å². The monoisotopic (exact) mass is 263 g/mol. The van der Waals surface area contributed by atoms with Crippen LogP contribution in [0.4, 0.5) is 0 Å². The summed E-state index contributed by atoms with van der Waals surface area (Å²) in [5.74, 6) is 0.736. The number of hydrogen-bond acceptors (Lipinski definition) is 4. The fourth-order valence-electron chi connectivity index (χ4n) is 1.72. The highest BCUT2D eigenvalue weighted by atomic mass is 32.1. The first-order valence-corrected chi connectivity index (χ1v) is 6.89. The van der Waals surface area contributed by atoms with E-state index in [0.29, 0.717) is 13.0 Å². The zero-order chi connectivity index (χ0) is 13.0. The first kappa shape index (κ1) is 13.1. The lowest BCUT2D eigenvalue weighted by Gasteiger charge is -2.14. The van der Waals surface area contributed by atoms with Crippen LogP contribution in [-0.4, -0.2) is 10.1 Å². The van der Waals surface area contributed by atoms with Crippen LogP contribution >= 0.6 is 11.3 Å². The molecule has 0 fully saturated rings. The van der Waals surface area contributed by atoms with Crippen molar-refractivity contribution in [3.8, 4) is 5.75 Å². The Labute approximate surface area is 111 Å². The Balaban J connectivity index is 2.09. The molecule has 0 aliphatic heterocycles. The van der Waals surface area contributed by atoms with Gasteiger partial charge in [-0.2, -0.15) is 0 Å². The molecule has 1 heterocycles. The van der Waals surface area contributed by atoms with Gasteiger partial charge in [-0.3, -0.25) is 0 Å². The van der Waals surface area contributed by atoms with E-state index in [1.54, 1.807) is 11.3 Å². The Kier molecular flexibility index (Phi) is 4.33. The SMILES string of the molecule is CC[C@@H](O)c1ccccc1OCc1nc(C)cs1. The van der Waals surface area contributed by atoms with E-state index in [-0.39, 0.29) is 0 Å². The van der Waals surface area contributed by atoms with Gasteiger partial charge in [0.15, 0.2) is 0 Å². The molecule has 0 saturated heterocycles. The molecule has 0 radical (unpaired) electrons. The van der Waals surface area contributed by atoms with Crippen LogP contribution in [0.1, 0.15) is 35.7 Å². The second-order valence-corrected chi connectivity index (χ2v) is 5.08. The predicted molar refractivity (Wildman–Crippen MR) is 72.9 cm³/mol. The molecule has 0 bridgehead atoms. The molecule has 1 atom stereocenters. The third-order valence-corrected chi connectivity index (χ3v) is 3.62. The van der Waals surface area contributed by atoms with Crippen molar-refractivity contribution in [3.05, 3.63) is 45.9 Å². The van der Waals surface area contributed by atoms with Crippen molar-refractivity contribution in [1.82, 2.24) is 4.98 Å². The van der Waals surface area contributed by atoms with E-state index in [9.17, 15) is 5.11 Å². The van der Waals surface area contributed by atoms with Crippen LogP contribution in [0.25, 0.3) is 0 Å². The number of ether oxygens (including phenoxy) is 1. The minimum atomic E-state index is -0.473. The first-order chi connectivity index (χ1) is 8.70. The molecule has 0 aliphatic rings. The van der Waals surface area contributed by atoms with Gasteiger partial charge < -0.3 is 9.84 Å². The first-order valence-electron chi connectivity index (χ1n) is 6.01. The fraction of sp³-hybridized carbons (Fsp3) is 0.357. The molecule has 0 saturated carbocycles. The molecule has 18 heavy (non-hydrogen) atoms. The molecule has 2 aromatic rings. The number of aryl methyl sites for hydroxylation is 1. The van der Waals surface area contributed by atoms with Gasteiger partial charge in [-0.25, -0.2) is 4.98 Å². The van der Waals surface area contributed by atoms with Gasteiger partial charge in [0.2, 0.25) is 0 Å². The minimum absolute atomic E-state index is 0.450. The zero-order valence-electron chi connectivity index (χ0n) is 10.6. The van der Waals surface area contributed by atoms with Crippen LogP contribution in [0.5, 0.6) is 5.75 Å². The van der Waals surface area contributed by atoms with Gasteiger partial charge in [0.1, 0.15) is 17.4 Å². The van der Waals surface area contributed by atoms with Gasteiger partial charge in [-0.15, -0.1) is 11.3 Å². The summed E-state index contributed by atoms with van der Waals surface area (Å²) >= 11 is 1.59. The Bertz CT molecular complexity index is 510. The lowest BCUT2D eigenvalue weighted by molar-refractivity contribution is 0.166. The summed E-state index contributed by atoms with van der Waals surface area (Å²) in [6.45, 7) is 4.37. The normalized spacial score (nSPS) is 12.4. The number of benzene rings is 1. The van der Waals surface area contributed by atoms with E-state index in [1.165, 1.54) is 0 Å². The van der Waals surface area contributed by atoms with Crippen molar-refractivity contribution in [2.24, 2.45) is 0 Å². The predicted octanol–water partition coefficient (Wildman–Crippen LogP) is 3.47. The molecule has 0 amide bonds. The second-order valence-electron chi connectivity index (χ2n) is 4.13. The smallest absolute Gasteiger partial charge is 0.140 e. The number of hydrogen-bond donors (Lipinski definition) is 1. The van der Waals surface area contributed by atoms with Gasteiger partial charge in [0.05, 0.1) is 6.10 Å². The number of aromatic nitrogens is 1. The highest BCUT2D eigenvalue weighted by Crippen LogP contribution is 2.27. The third-order valence-electron chi connectivity index (χ3n) is 2.68. The Hall–Kier alpha value is -1.39. The lowest BCUT2D eigenvalue weighted by atomic mass is 10.1. The molecule has 96 valence electrons. The van der Waals surface area contributed by atoms with Gasteiger partial charge >= 0.3 is 0 Å². The topological polar surface area (TPSA) is 42.4 Å². The van der Waals surface area contributed by atoms with E-state index < -0.39 is 6.10 Å². The summed E-state index contributed by atoms with van der Waals surface area (Å²) in [5.41, 5.74) is 1.86. The molecular formula is C14H17NO2S. The van der Waals surface area contributed by atoms with Crippen molar-refractivity contribution >= 4 is 11.3 Å². The van der Waals surface area contributed by atoms with Crippen molar-refractivity contribution in [2.75, 3.05) is 0 Å². The van der Waals surface area contributed by atoms with E-state index in [0.717, 1.165) is 22.0 Å². The number of nitrogens with zero attached hydrogens (tertiary/aromatic N) is 1.